The zero-order valence-corrected chi connectivity index (χ0v) is 35.9. The maximum atomic E-state index is 5.16. The number of rotatable bonds is 8. The first kappa shape index (κ1) is 38.8. The Morgan fingerprint density at radius 2 is 0.530 bits per heavy atom. The highest BCUT2D eigenvalue weighted by molar-refractivity contribution is 6.04. The van der Waals surface area contributed by atoms with Crippen molar-refractivity contribution in [1.82, 2.24) is 19.9 Å². The maximum absolute atomic E-state index is 5.16. The lowest BCUT2D eigenvalue weighted by Crippen LogP contribution is -1.96. The normalized spacial score (nSPS) is 11.3. The van der Waals surface area contributed by atoms with Gasteiger partial charge in [-0.05, 0) is 78.8 Å². The molecule has 0 bridgehead atoms. The van der Waals surface area contributed by atoms with Gasteiger partial charge >= 0.3 is 0 Å². The largest absolute Gasteiger partial charge is 0.228 e. The first-order valence-electron chi connectivity index (χ1n) is 22.3. The van der Waals surface area contributed by atoms with Crippen molar-refractivity contribution in [2.75, 3.05) is 0 Å². The van der Waals surface area contributed by atoms with Crippen LogP contribution in [-0.4, -0.2) is 19.9 Å². The van der Waals surface area contributed by atoms with E-state index in [0.29, 0.717) is 11.6 Å². The lowest BCUT2D eigenvalue weighted by Gasteiger charge is -2.13. The lowest BCUT2D eigenvalue weighted by molar-refractivity contribution is 1.18. The molecule has 0 N–H and O–H groups in total. The van der Waals surface area contributed by atoms with Crippen molar-refractivity contribution in [3.63, 3.8) is 0 Å². The van der Waals surface area contributed by atoms with Crippen molar-refractivity contribution in [3.05, 3.63) is 243 Å². The standard InChI is InChI=1S/C62H40N4/c1-3-15-45(16-4-1)57-39-59(51-35-25-41-13-7-9-19-49(41)37-51)65-61(63-57)47-31-27-43(28-32-47)53-21-11-24-56-54(22-12-23-55(53)56)44-29-33-48(34-30-44)62-64-58(46-17-5-2-6-18-46)40-60(66-62)52-36-26-42-14-8-10-20-50(42)38-52/h1-40H. The molecule has 0 spiro atoms. The van der Waals surface area contributed by atoms with E-state index in [1.807, 2.05) is 12.1 Å². The number of hydrogen-bond donors (Lipinski definition) is 0. The fourth-order valence-corrected chi connectivity index (χ4v) is 9.07. The van der Waals surface area contributed by atoms with Crippen LogP contribution in [0.25, 0.3) is 122 Å². The molecule has 12 aromatic rings. The van der Waals surface area contributed by atoms with Crippen molar-refractivity contribution < 1.29 is 0 Å². The van der Waals surface area contributed by atoms with Crippen LogP contribution in [0.2, 0.25) is 0 Å². The average Bonchev–Trinajstić information content (AvgIpc) is 3.40. The van der Waals surface area contributed by atoms with Gasteiger partial charge in [0, 0.05) is 33.4 Å². The fourth-order valence-electron chi connectivity index (χ4n) is 9.07. The van der Waals surface area contributed by atoms with E-state index < -0.39 is 0 Å². The SMILES string of the molecule is c1ccc(-c2cc(-c3ccc4ccccc4c3)nc(-c3ccc(-c4cccc5c(-c6ccc(-c7nc(-c8ccccc8)cc(-c8ccc9ccccc9c8)n7)cc6)cccc45)cc3)n2)cc1. The van der Waals surface area contributed by atoms with Crippen LogP contribution in [0.5, 0.6) is 0 Å². The molecule has 0 atom stereocenters. The first-order valence-corrected chi connectivity index (χ1v) is 22.3. The lowest BCUT2D eigenvalue weighted by atomic mass is 9.92. The van der Waals surface area contributed by atoms with E-state index in [2.05, 4.69) is 231 Å². The smallest absolute Gasteiger partial charge is 0.160 e. The van der Waals surface area contributed by atoms with Crippen molar-refractivity contribution in [1.29, 1.82) is 0 Å². The molecular weight excluding hydrogens is 801 g/mol. The van der Waals surface area contributed by atoms with Gasteiger partial charge in [0.05, 0.1) is 22.8 Å². The fraction of sp³-hybridized carbons (Fsp3) is 0. The van der Waals surface area contributed by atoms with Crippen LogP contribution in [0.15, 0.2) is 243 Å². The molecule has 0 aliphatic rings. The van der Waals surface area contributed by atoms with Gasteiger partial charge < -0.3 is 0 Å². The third-order valence-corrected chi connectivity index (χ3v) is 12.5. The molecule has 0 saturated heterocycles. The maximum Gasteiger partial charge on any atom is 0.160 e. The molecule has 308 valence electrons. The van der Waals surface area contributed by atoms with E-state index in [9.17, 15) is 0 Å². The van der Waals surface area contributed by atoms with Gasteiger partial charge in [-0.3, -0.25) is 0 Å². The molecule has 66 heavy (non-hydrogen) atoms. The second kappa shape index (κ2) is 16.7. The summed E-state index contributed by atoms with van der Waals surface area (Å²) in [4.78, 5) is 20.5. The molecule has 0 unspecified atom stereocenters. The van der Waals surface area contributed by atoms with Crippen molar-refractivity contribution in [2.45, 2.75) is 0 Å². The van der Waals surface area contributed by atoms with Gasteiger partial charge in [-0.2, -0.15) is 0 Å². The monoisotopic (exact) mass is 840 g/mol. The van der Waals surface area contributed by atoms with Gasteiger partial charge in [0.25, 0.3) is 0 Å². The molecule has 0 fully saturated rings. The summed E-state index contributed by atoms with van der Waals surface area (Å²) in [5, 5.41) is 7.15. The van der Waals surface area contributed by atoms with Crippen LogP contribution < -0.4 is 0 Å². The van der Waals surface area contributed by atoms with Gasteiger partial charge in [0.2, 0.25) is 0 Å². The number of fused-ring (bicyclic) bond motifs is 3. The summed E-state index contributed by atoms with van der Waals surface area (Å²) in [5.41, 5.74) is 14.3. The second-order valence-corrected chi connectivity index (χ2v) is 16.6. The summed E-state index contributed by atoms with van der Waals surface area (Å²) in [7, 11) is 0. The third kappa shape index (κ3) is 7.47. The molecule has 4 nitrogen and oxygen atoms in total. The van der Waals surface area contributed by atoms with Crippen LogP contribution >= 0.6 is 0 Å². The Kier molecular flexibility index (Phi) is 9.81. The minimum Gasteiger partial charge on any atom is -0.228 e. The Hall–Kier alpha value is -8.86. The summed E-state index contributed by atoms with van der Waals surface area (Å²) in [5.74, 6) is 1.38. The van der Waals surface area contributed by atoms with Crippen molar-refractivity contribution >= 4 is 32.3 Å². The number of aromatic nitrogens is 4. The summed E-state index contributed by atoms with van der Waals surface area (Å²) >= 11 is 0. The average molecular weight is 841 g/mol. The quantitative estimate of drug-likeness (QED) is 0.153. The molecule has 0 aliphatic heterocycles. The zero-order valence-electron chi connectivity index (χ0n) is 35.9. The highest BCUT2D eigenvalue weighted by Gasteiger charge is 2.15. The summed E-state index contributed by atoms with van der Waals surface area (Å²) in [6.45, 7) is 0. The van der Waals surface area contributed by atoms with Gasteiger partial charge in [-0.1, -0.05) is 218 Å². The minimum atomic E-state index is 0.691. The van der Waals surface area contributed by atoms with E-state index >= 15 is 0 Å². The van der Waals surface area contributed by atoms with Crippen LogP contribution in [-0.2, 0) is 0 Å². The van der Waals surface area contributed by atoms with Gasteiger partial charge in [-0.15, -0.1) is 0 Å². The van der Waals surface area contributed by atoms with Crippen LogP contribution in [0.1, 0.15) is 0 Å². The number of nitrogens with zero attached hydrogens (tertiary/aromatic N) is 4. The van der Waals surface area contributed by atoms with Crippen LogP contribution in [0, 0.1) is 0 Å². The molecule has 10 aromatic carbocycles. The van der Waals surface area contributed by atoms with Gasteiger partial charge in [0.1, 0.15) is 0 Å². The molecule has 0 amide bonds. The molecule has 12 rings (SSSR count). The predicted molar refractivity (Wildman–Crippen MR) is 274 cm³/mol. The van der Waals surface area contributed by atoms with E-state index in [1.54, 1.807) is 0 Å². The molecular formula is C62H40N4. The Bertz CT molecular complexity index is 3480. The molecule has 0 radical (unpaired) electrons. The van der Waals surface area contributed by atoms with Crippen LogP contribution in [0.4, 0.5) is 0 Å². The highest BCUT2D eigenvalue weighted by Crippen LogP contribution is 2.37. The zero-order chi connectivity index (χ0) is 43.8. The molecule has 2 heterocycles. The molecule has 0 saturated carbocycles. The van der Waals surface area contributed by atoms with Crippen molar-refractivity contribution in [3.8, 4) is 90.1 Å². The van der Waals surface area contributed by atoms with E-state index in [-0.39, 0.29) is 0 Å². The molecule has 2 aromatic heterocycles. The van der Waals surface area contributed by atoms with E-state index in [0.717, 1.165) is 67.3 Å². The molecule has 0 aliphatic carbocycles. The van der Waals surface area contributed by atoms with E-state index in [1.165, 1.54) is 43.4 Å². The van der Waals surface area contributed by atoms with Crippen molar-refractivity contribution in [2.24, 2.45) is 0 Å². The summed E-state index contributed by atoms with van der Waals surface area (Å²) < 4.78 is 0. The summed E-state index contributed by atoms with van der Waals surface area (Å²) in [6, 6.07) is 85.3. The number of hydrogen-bond acceptors (Lipinski definition) is 4. The van der Waals surface area contributed by atoms with E-state index in [4.69, 9.17) is 19.9 Å². The van der Waals surface area contributed by atoms with Gasteiger partial charge in [0.15, 0.2) is 11.6 Å². The Balaban J connectivity index is 0.876. The third-order valence-electron chi connectivity index (χ3n) is 12.5. The summed E-state index contributed by atoms with van der Waals surface area (Å²) in [6.07, 6.45) is 0. The first-order chi connectivity index (χ1) is 32.7. The topological polar surface area (TPSA) is 51.6 Å². The Morgan fingerprint density at radius 3 is 0.939 bits per heavy atom. The Morgan fingerprint density at radius 1 is 0.197 bits per heavy atom. The number of benzene rings is 10. The minimum absolute atomic E-state index is 0.691. The molecule has 4 heteroatoms. The Labute approximate surface area is 383 Å². The second-order valence-electron chi connectivity index (χ2n) is 16.6. The van der Waals surface area contributed by atoms with Gasteiger partial charge in [-0.25, -0.2) is 19.9 Å². The van der Waals surface area contributed by atoms with Crippen LogP contribution in [0.3, 0.4) is 0 Å². The predicted octanol–water partition coefficient (Wildman–Crippen LogP) is 16.1. The highest BCUT2D eigenvalue weighted by atomic mass is 14.9.